The summed E-state index contributed by atoms with van der Waals surface area (Å²) in [5.41, 5.74) is 2.07. The Morgan fingerprint density at radius 1 is 1.15 bits per heavy atom. The lowest BCUT2D eigenvalue weighted by Gasteiger charge is -2.25. The fourth-order valence-electron chi connectivity index (χ4n) is 3.07. The summed E-state index contributed by atoms with van der Waals surface area (Å²) in [5.74, 6) is 1.80. The van der Waals surface area contributed by atoms with Crippen molar-refractivity contribution in [2.45, 2.75) is 51.9 Å². The van der Waals surface area contributed by atoms with E-state index in [2.05, 4.69) is 37.3 Å². The van der Waals surface area contributed by atoms with Gasteiger partial charge in [-0.1, -0.05) is 37.6 Å². The smallest absolute Gasteiger partial charge is 0.0991 e. The molecule has 0 heterocycles. The van der Waals surface area contributed by atoms with Crippen molar-refractivity contribution in [3.63, 3.8) is 0 Å². The first-order chi connectivity index (χ1) is 9.81. The fourth-order valence-corrected chi connectivity index (χ4v) is 3.07. The molecule has 106 valence electrons. The van der Waals surface area contributed by atoms with Gasteiger partial charge < -0.3 is 0 Å². The number of benzene rings is 1. The van der Waals surface area contributed by atoms with Gasteiger partial charge in [0.15, 0.2) is 0 Å². The van der Waals surface area contributed by atoms with Crippen LogP contribution in [-0.4, -0.2) is 0 Å². The molecule has 1 fully saturated rings. The average molecular weight is 267 g/mol. The van der Waals surface area contributed by atoms with E-state index >= 15 is 0 Å². The lowest BCUT2D eigenvalue weighted by Crippen LogP contribution is -2.12. The zero-order valence-corrected chi connectivity index (χ0v) is 12.5. The minimum atomic E-state index is 0.747. The third kappa shape index (κ3) is 4.53. The summed E-state index contributed by atoms with van der Waals surface area (Å²) < 4.78 is 0. The molecule has 0 saturated heterocycles. The van der Waals surface area contributed by atoms with E-state index in [0.717, 1.165) is 30.2 Å². The lowest BCUT2D eigenvalue weighted by molar-refractivity contribution is 0.303. The van der Waals surface area contributed by atoms with Crippen molar-refractivity contribution in [3.8, 4) is 6.07 Å². The Morgan fingerprint density at radius 2 is 1.85 bits per heavy atom. The molecule has 1 aromatic rings. The van der Waals surface area contributed by atoms with Crippen LogP contribution >= 0.6 is 0 Å². The molecule has 0 N–H and O–H groups in total. The number of hydrogen-bond donors (Lipinski definition) is 0. The third-order valence-electron chi connectivity index (χ3n) is 4.56. The van der Waals surface area contributed by atoms with Crippen LogP contribution in [0.2, 0.25) is 0 Å². The molecule has 1 aromatic carbocycles. The fraction of sp³-hybridized carbons (Fsp3) is 0.526. The molecule has 0 aromatic heterocycles. The van der Waals surface area contributed by atoms with Crippen molar-refractivity contribution in [1.82, 2.24) is 0 Å². The van der Waals surface area contributed by atoms with Gasteiger partial charge in [0.25, 0.3) is 0 Å². The molecule has 0 amide bonds. The quantitative estimate of drug-likeness (QED) is 0.667. The van der Waals surface area contributed by atoms with E-state index in [1.807, 2.05) is 12.1 Å². The van der Waals surface area contributed by atoms with Gasteiger partial charge >= 0.3 is 0 Å². The summed E-state index contributed by atoms with van der Waals surface area (Å²) in [4.78, 5) is 0. The summed E-state index contributed by atoms with van der Waals surface area (Å²) in [6.45, 7) is 2.32. The van der Waals surface area contributed by atoms with Crippen LogP contribution in [0.3, 0.4) is 0 Å². The number of hydrogen-bond acceptors (Lipinski definition) is 1. The summed E-state index contributed by atoms with van der Waals surface area (Å²) in [7, 11) is 0. The molecule has 1 saturated carbocycles. The second kappa shape index (κ2) is 7.90. The summed E-state index contributed by atoms with van der Waals surface area (Å²) in [6, 6.07) is 10.1. The second-order valence-corrected chi connectivity index (χ2v) is 5.96. The van der Waals surface area contributed by atoms with Crippen molar-refractivity contribution in [2.24, 2.45) is 11.8 Å². The standard InChI is InChI=1S/C19H25N/c1-2-16-7-9-17(10-8-16)5-3-4-6-18-11-13-19(15-20)14-12-18/h3,5,11-14,16-17H,2,4,6-10H2,1H3/t16-,17-. The van der Waals surface area contributed by atoms with Crippen molar-refractivity contribution in [3.05, 3.63) is 47.5 Å². The van der Waals surface area contributed by atoms with E-state index in [4.69, 9.17) is 5.26 Å². The van der Waals surface area contributed by atoms with Gasteiger partial charge in [0, 0.05) is 0 Å². The molecule has 0 aliphatic heterocycles. The molecule has 20 heavy (non-hydrogen) atoms. The Kier molecular flexibility index (Phi) is 5.87. The molecule has 0 radical (unpaired) electrons. The summed E-state index contributed by atoms with van der Waals surface area (Å²) in [5, 5.41) is 8.76. The van der Waals surface area contributed by atoms with Crippen LogP contribution in [0.5, 0.6) is 0 Å². The lowest BCUT2D eigenvalue weighted by atomic mass is 9.81. The van der Waals surface area contributed by atoms with Crippen LogP contribution in [0.15, 0.2) is 36.4 Å². The van der Waals surface area contributed by atoms with Gasteiger partial charge in [-0.3, -0.25) is 0 Å². The van der Waals surface area contributed by atoms with Crippen molar-refractivity contribution >= 4 is 0 Å². The zero-order valence-electron chi connectivity index (χ0n) is 12.5. The van der Waals surface area contributed by atoms with Gasteiger partial charge in [-0.2, -0.15) is 5.26 Å². The normalized spacial score (nSPS) is 22.8. The van der Waals surface area contributed by atoms with Crippen molar-refractivity contribution in [1.29, 1.82) is 5.26 Å². The Balaban J connectivity index is 1.70. The van der Waals surface area contributed by atoms with Crippen LogP contribution in [0.25, 0.3) is 0 Å². The first-order valence-electron chi connectivity index (χ1n) is 7.97. The van der Waals surface area contributed by atoms with Gasteiger partial charge in [0.1, 0.15) is 0 Å². The maximum atomic E-state index is 8.76. The Bertz CT molecular complexity index is 456. The summed E-state index contributed by atoms with van der Waals surface area (Å²) in [6.07, 6.45) is 13.9. The zero-order chi connectivity index (χ0) is 14.2. The van der Waals surface area contributed by atoms with E-state index < -0.39 is 0 Å². The number of nitrogens with zero attached hydrogens (tertiary/aromatic N) is 1. The molecule has 0 bridgehead atoms. The second-order valence-electron chi connectivity index (χ2n) is 5.96. The first-order valence-corrected chi connectivity index (χ1v) is 7.97. The maximum Gasteiger partial charge on any atom is 0.0991 e. The monoisotopic (exact) mass is 267 g/mol. The van der Waals surface area contributed by atoms with Crippen molar-refractivity contribution < 1.29 is 0 Å². The Morgan fingerprint density at radius 3 is 2.45 bits per heavy atom. The van der Waals surface area contributed by atoms with Crippen molar-refractivity contribution in [2.75, 3.05) is 0 Å². The molecular weight excluding hydrogens is 242 g/mol. The molecule has 1 nitrogen and oxygen atoms in total. The van der Waals surface area contributed by atoms with Gasteiger partial charge in [-0.15, -0.1) is 0 Å². The van der Waals surface area contributed by atoms with Crippen LogP contribution in [0.1, 0.15) is 56.6 Å². The number of rotatable bonds is 5. The summed E-state index contributed by atoms with van der Waals surface area (Å²) >= 11 is 0. The van der Waals surface area contributed by atoms with Gasteiger partial charge in [0.05, 0.1) is 11.6 Å². The predicted molar refractivity (Wildman–Crippen MR) is 84.4 cm³/mol. The first kappa shape index (κ1) is 14.9. The van der Waals surface area contributed by atoms with Crippen LogP contribution in [0.4, 0.5) is 0 Å². The minimum absolute atomic E-state index is 0.747. The molecule has 1 heteroatoms. The molecule has 0 atom stereocenters. The highest BCUT2D eigenvalue weighted by molar-refractivity contribution is 5.31. The Labute approximate surface area is 123 Å². The molecule has 1 aliphatic carbocycles. The largest absolute Gasteiger partial charge is 0.192 e. The molecule has 0 spiro atoms. The Hall–Kier alpha value is -1.55. The highest BCUT2D eigenvalue weighted by Gasteiger charge is 2.17. The molecular formula is C19H25N. The minimum Gasteiger partial charge on any atom is -0.192 e. The number of aryl methyl sites for hydroxylation is 1. The SMILES string of the molecule is CC[C@H]1CC[C@H](C=CCCc2ccc(C#N)cc2)CC1. The molecule has 0 unspecified atom stereocenters. The van der Waals surface area contributed by atoms with E-state index in [1.165, 1.54) is 37.7 Å². The van der Waals surface area contributed by atoms with Gasteiger partial charge in [0.2, 0.25) is 0 Å². The van der Waals surface area contributed by atoms with Crippen LogP contribution in [0, 0.1) is 23.2 Å². The third-order valence-corrected chi connectivity index (χ3v) is 4.56. The number of allylic oxidation sites excluding steroid dienone is 2. The highest BCUT2D eigenvalue weighted by Crippen LogP contribution is 2.31. The topological polar surface area (TPSA) is 23.8 Å². The van der Waals surface area contributed by atoms with Gasteiger partial charge in [-0.05, 0) is 68.1 Å². The highest BCUT2D eigenvalue weighted by atomic mass is 14.2. The van der Waals surface area contributed by atoms with Gasteiger partial charge in [-0.25, -0.2) is 0 Å². The van der Waals surface area contributed by atoms with Crippen LogP contribution < -0.4 is 0 Å². The van der Waals surface area contributed by atoms with E-state index in [9.17, 15) is 0 Å². The van der Waals surface area contributed by atoms with Crippen LogP contribution in [-0.2, 0) is 6.42 Å². The van der Waals surface area contributed by atoms with E-state index in [1.54, 1.807) is 0 Å². The molecule has 1 aliphatic rings. The number of nitriles is 1. The maximum absolute atomic E-state index is 8.76. The van der Waals surface area contributed by atoms with E-state index in [0.29, 0.717) is 0 Å². The van der Waals surface area contributed by atoms with E-state index in [-0.39, 0.29) is 0 Å². The predicted octanol–water partition coefficient (Wildman–Crippen LogP) is 5.26. The molecule has 2 rings (SSSR count). The average Bonchev–Trinajstić information content (AvgIpc) is 2.53.